The number of carbonyl (C=O) groups is 2. The Kier molecular flexibility index (Phi) is 14.1. The first-order chi connectivity index (χ1) is 30.8. The molecule has 17 heteroatoms. The molecule has 4 saturated heterocycles. The van der Waals surface area contributed by atoms with E-state index in [2.05, 4.69) is 0 Å². The number of hydrogen-bond acceptors (Lipinski definition) is 17. The molecule has 4 fully saturated rings. The van der Waals surface area contributed by atoms with Gasteiger partial charge in [0, 0.05) is 54.5 Å². The largest absolute Gasteiger partial charge is 0.507 e. The number of aliphatic hydroxyl groups is 2. The third kappa shape index (κ3) is 8.97. The molecule has 360 valence electrons. The molecule has 6 aliphatic rings. The van der Waals surface area contributed by atoms with Crippen LogP contribution in [0.25, 0.3) is 0 Å². The molecule has 0 saturated carbocycles. The van der Waals surface area contributed by atoms with Crippen molar-refractivity contribution in [2.45, 2.75) is 190 Å². The van der Waals surface area contributed by atoms with E-state index in [1.165, 1.54) is 18.2 Å². The SMILES string of the molecule is CC[C@]1(O[C@H]2C[C@@H](N(C)C)[C@H](O)[C@@H](C)O2)CCc2c(O)c3c(c(O)c2[C@@H]1O[C@H]1C[C@@H](N(C)C)[C@@H](O[C@@H]2CC[C@H](O[C@@H]4CC[C@@H](O)[C@@H](C)O4)[C@@H](C)O2)[C@@H](C)O1)C(=O)c1cccc(O)c1C3=O. The molecular formula is C48H68N2O15. The lowest BCUT2D eigenvalue weighted by Crippen LogP contribution is -2.58. The zero-order chi connectivity index (χ0) is 46.8. The van der Waals surface area contributed by atoms with Gasteiger partial charge >= 0.3 is 0 Å². The minimum atomic E-state index is -1.23. The van der Waals surface area contributed by atoms with Gasteiger partial charge in [-0.3, -0.25) is 9.59 Å². The first-order valence-electron chi connectivity index (χ1n) is 23.3. The van der Waals surface area contributed by atoms with Crippen LogP contribution in [0.15, 0.2) is 18.2 Å². The first-order valence-corrected chi connectivity index (χ1v) is 23.3. The maximum Gasteiger partial charge on any atom is 0.202 e. The highest BCUT2D eigenvalue weighted by atomic mass is 16.7. The number of phenolic OH excluding ortho intramolecular Hbond substituents is 3. The number of nitrogens with zero attached hydrogens (tertiary/aromatic N) is 2. The van der Waals surface area contributed by atoms with Crippen LogP contribution in [0.3, 0.4) is 0 Å². The number of fused-ring (bicyclic) bond motifs is 3. The summed E-state index contributed by atoms with van der Waals surface area (Å²) < 4.78 is 52.4. The number of ketones is 2. The molecule has 0 unspecified atom stereocenters. The zero-order valence-corrected chi connectivity index (χ0v) is 39.0. The van der Waals surface area contributed by atoms with Crippen LogP contribution in [0.1, 0.15) is 135 Å². The van der Waals surface area contributed by atoms with Crippen molar-refractivity contribution < 1.29 is 73.0 Å². The van der Waals surface area contributed by atoms with Crippen LogP contribution in [0.5, 0.6) is 17.2 Å². The van der Waals surface area contributed by atoms with Gasteiger partial charge in [-0.25, -0.2) is 0 Å². The van der Waals surface area contributed by atoms with E-state index in [4.69, 9.17) is 37.9 Å². The summed E-state index contributed by atoms with van der Waals surface area (Å²) in [5, 5.41) is 56.3. The van der Waals surface area contributed by atoms with E-state index in [1.54, 1.807) is 6.92 Å². The van der Waals surface area contributed by atoms with E-state index >= 15 is 0 Å². The number of benzene rings is 2. The number of likely N-dealkylation sites (N-methyl/N-ethyl adjacent to an activating group) is 2. The third-order valence-corrected chi connectivity index (χ3v) is 14.8. The van der Waals surface area contributed by atoms with Crippen molar-refractivity contribution in [3.05, 3.63) is 51.6 Å². The molecule has 0 amide bonds. The van der Waals surface area contributed by atoms with Crippen LogP contribution in [0.2, 0.25) is 0 Å². The Morgan fingerprint density at radius 1 is 0.692 bits per heavy atom. The van der Waals surface area contributed by atoms with Gasteiger partial charge in [0.25, 0.3) is 0 Å². The molecular weight excluding hydrogens is 845 g/mol. The molecule has 2 aliphatic carbocycles. The summed E-state index contributed by atoms with van der Waals surface area (Å²) in [6.07, 6.45) is -3.68. The Bertz CT molecular complexity index is 2080. The van der Waals surface area contributed by atoms with Crippen molar-refractivity contribution in [3.63, 3.8) is 0 Å². The van der Waals surface area contributed by atoms with Crippen LogP contribution in [-0.4, -0.2) is 167 Å². The van der Waals surface area contributed by atoms with Crippen molar-refractivity contribution in [1.82, 2.24) is 9.80 Å². The predicted molar refractivity (Wildman–Crippen MR) is 233 cm³/mol. The molecule has 0 radical (unpaired) electrons. The summed E-state index contributed by atoms with van der Waals surface area (Å²) in [5.74, 6) is -2.91. The summed E-state index contributed by atoms with van der Waals surface area (Å²) in [6, 6.07) is 3.60. The Hall–Kier alpha value is -3.30. The number of aromatic hydroxyl groups is 3. The van der Waals surface area contributed by atoms with Gasteiger partial charge < -0.3 is 73.2 Å². The van der Waals surface area contributed by atoms with Gasteiger partial charge in [-0.15, -0.1) is 0 Å². The minimum absolute atomic E-state index is 0.0985. The smallest absolute Gasteiger partial charge is 0.202 e. The second-order valence-corrected chi connectivity index (χ2v) is 19.4. The van der Waals surface area contributed by atoms with Crippen molar-refractivity contribution in [1.29, 1.82) is 0 Å². The van der Waals surface area contributed by atoms with Gasteiger partial charge in [0.15, 0.2) is 30.9 Å². The summed E-state index contributed by atoms with van der Waals surface area (Å²) >= 11 is 0. The lowest BCUT2D eigenvalue weighted by atomic mass is 9.71. The van der Waals surface area contributed by atoms with Gasteiger partial charge in [0.1, 0.15) is 35.1 Å². The lowest BCUT2D eigenvalue weighted by Gasteiger charge is -2.51. The fourth-order valence-electron chi connectivity index (χ4n) is 10.9. The monoisotopic (exact) mass is 912 g/mol. The molecule has 4 heterocycles. The Labute approximate surface area is 380 Å². The van der Waals surface area contributed by atoms with E-state index < -0.39 is 96.2 Å². The fourth-order valence-corrected chi connectivity index (χ4v) is 10.9. The van der Waals surface area contributed by atoms with Gasteiger partial charge in [-0.05, 0) is 94.1 Å². The van der Waals surface area contributed by atoms with Crippen LogP contribution in [-0.2, 0) is 44.3 Å². The summed E-state index contributed by atoms with van der Waals surface area (Å²) in [6.45, 7) is 9.42. The molecule has 4 aliphatic heterocycles. The van der Waals surface area contributed by atoms with Crippen molar-refractivity contribution in [2.24, 2.45) is 0 Å². The highest BCUT2D eigenvalue weighted by molar-refractivity contribution is 6.31. The number of rotatable bonds is 11. The van der Waals surface area contributed by atoms with Gasteiger partial charge in [-0.1, -0.05) is 19.1 Å². The minimum Gasteiger partial charge on any atom is -0.507 e. The molecule has 0 aromatic heterocycles. The predicted octanol–water partition coefficient (Wildman–Crippen LogP) is 4.42. The Morgan fingerprint density at radius 2 is 1.32 bits per heavy atom. The van der Waals surface area contributed by atoms with E-state index in [0.717, 1.165) is 0 Å². The number of aliphatic hydroxyl groups excluding tert-OH is 2. The summed E-state index contributed by atoms with van der Waals surface area (Å²) in [4.78, 5) is 32.3. The molecule has 2 aromatic carbocycles. The molecule has 5 N–H and O–H groups in total. The second-order valence-electron chi connectivity index (χ2n) is 19.4. The van der Waals surface area contributed by atoms with Crippen molar-refractivity contribution in [2.75, 3.05) is 28.2 Å². The normalized spacial score (nSPS) is 38.7. The highest BCUT2D eigenvalue weighted by Crippen LogP contribution is 2.56. The summed E-state index contributed by atoms with van der Waals surface area (Å²) in [5.41, 5.74) is -1.99. The van der Waals surface area contributed by atoms with Crippen molar-refractivity contribution >= 4 is 11.6 Å². The number of phenols is 3. The van der Waals surface area contributed by atoms with Gasteiger partial charge in [-0.2, -0.15) is 0 Å². The zero-order valence-electron chi connectivity index (χ0n) is 39.0. The molecule has 17 nitrogen and oxygen atoms in total. The fraction of sp³-hybridized carbons (Fsp3) is 0.708. The van der Waals surface area contributed by atoms with E-state index in [1.807, 2.05) is 65.7 Å². The van der Waals surface area contributed by atoms with E-state index in [9.17, 15) is 35.1 Å². The average Bonchev–Trinajstić information content (AvgIpc) is 3.25. The van der Waals surface area contributed by atoms with Crippen LogP contribution in [0.4, 0.5) is 0 Å². The molecule has 0 bridgehead atoms. The maximum atomic E-state index is 14.3. The lowest BCUT2D eigenvalue weighted by molar-refractivity contribution is -0.335. The standard InChI is InChI=1S/C48H68N2O15/c1-10-48(65-36-20-28(49(6)7)41(53)24(4)60-36)19-18-27-38(45(57)40-39(43(27)55)44(56)37-26(42(40)54)12-11-13-31(37)52)47(48)64-35-21-29(50(8)9)46(25(5)61-35)63-34-17-15-32(23(3)59-34)62-33-16-14-30(51)22(2)58-33/h11-13,22-25,28-30,32-36,41,46-47,51-53,55,57H,10,14-21H2,1-9H3/t22-,23-,24-,25-,28-,29-,30-,32+,33-,34-,35+,36+,41-,46+,47+,48+/m1/s1. The average molecular weight is 913 g/mol. The van der Waals surface area contributed by atoms with Crippen LogP contribution in [0, 0.1) is 0 Å². The van der Waals surface area contributed by atoms with Crippen LogP contribution >= 0.6 is 0 Å². The topological polar surface area (TPSA) is 216 Å². The molecule has 0 spiro atoms. The quantitative estimate of drug-likeness (QED) is 0.168. The first kappa shape index (κ1) is 48.2. The molecule has 2 aromatic rings. The second kappa shape index (κ2) is 19.0. The van der Waals surface area contributed by atoms with Gasteiger partial charge in [0.2, 0.25) is 5.78 Å². The highest BCUT2D eigenvalue weighted by Gasteiger charge is 2.54. The third-order valence-electron chi connectivity index (χ3n) is 14.8. The van der Waals surface area contributed by atoms with Gasteiger partial charge in [0.05, 0.1) is 59.4 Å². The Balaban J connectivity index is 1.09. The van der Waals surface area contributed by atoms with E-state index in [0.29, 0.717) is 44.9 Å². The summed E-state index contributed by atoms with van der Waals surface area (Å²) in [7, 11) is 7.67. The number of hydrogen-bond donors (Lipinski definition) is 5. The molecule has 16 atom stereocenters. The molecule has 8 rings (SSSR count). The number of carbonyl (C=O) groups excluding carboxylic acids is 2. The van der Waals surface area contributed by atoms with Crippen molar-refractivity contribution in [3.8, 4) is 17.2 Å². The maximum absolute atomic E-state index is 14.3. The number of ether oxygens (including phenoxy) is 8. The Morgan fingerprint density at radius 3 is 2.00 bits per heavy atom. The van der Waals surface area contributed by atoms with E-state index in [-0.39, 0.29) is 76.6 Å². The molecule has 65 heavy (non-hydrogen) atoms. The van der Waals surface area contributed by atoms with Crippen LogP contribution < -0.4 is 0 Å².